The molecule has 152 valence electrons. The molecule has 6 nitrogen and oxygen atoms in total. The van der Waals surface area contributed by atoms with Gasteiger partial charge in [-0.15, -0.1) is 0 Å². The Hall–Kier alpha value is -3.33. The lowest BCUT2D eigenvalue weighted by Crippen LogP contribution is -2.48. The molecular formula is C24H24N4O2. The van der Waals surface area contributed by atoms with E-state index in [0.717, 1.165) is 36.1 Å². The first-order valence-electron chi connectivity index (χ1n) is 10.4. The number of benzene rings is 1. The van der Waals surface area contributed by atoms with Crippen molar-refractivity contribution < 1.29 is 9.59 Å². The van der Waals surface area contributed by atoms with Gasteiger partial charge in [0, 0.05) is 24.2 Å². The molecule has 6 heteroatoms. The zero-order valence-corrected chi connectivity index (χ0v) is 17.2. The molecule has 0 fully saturated rings. The number of hydrogen-bond acceptors (Lipinski definition) is 5. The summed E-state index contributed by atoms with van der Waals surface area (Å²) in [5.74, 6) is -0.606. The summed E-state index contributed by atoms with van der Waals surface area (Å²) >= 11 is 0. The molecule has 3 atom stereocenters. The Morgan fingerprint density at radius 2 is 2.23 bits per heavy atom. The first-order chi connectivity index (χ1) is 14.5. The second-order valence-corrected chi connectivity index (χ2v) is 8.07. The number of aryl methyl sites for hydroxylation is 1. The average molecular weight is 400 g/mol. The van der Waals surface area contributed by atoms with E-state index in [1.54, 1.807) is 12.1 Å². The second kappa shape index (κ2) is 7.83. The number of carbonyl (C=O) groups excluding carboxylic acids is 2. The quantitative estimate of drug-likeness (QED) is 0.851. The van der Waals surface area contributed by atoms with E-state index in [0.29, 0.717) is 12.1 Å². The van der Waals surface area contributed by atoms with Gasteiger partial charge in [0.05, 0.1) is 16.7 Å². The highest BCUT2D eigenvalue weighted by Gasteiger charge is 2.52. The molecule has 0 spiro atoms. The minimum atomic E-state index is -0.740. The number of allylic oxidation sites excluding steroid dienone is 2. The average Bonchev–Trinajstić information content (AvgIpc) is 2.79. The summed E-state index contributed by atoms with van der Waals surface area (Å²) in [6.07, 6.45) is 7.55. The van der Waals surface area contributed by atoms with Crippen molar-refractivity contribution in [3.8, 4) is 6.07 Å². The van der Waals surface area contributed by atoms with Crippen LogP contribution in [0.2, 0.25) is 0 Å². The topological polar surface area (TPSA) is 95.7 Å². The number of ketones is 1. The van der Waals surface area contributed by atoms with Crippen molar-refractivity contribution >= 4 is 11.7 Å². The maximum Gasteiger partial charge on any atom is 0.251 e. The molecule has 1 aromatic carbocycles. The van der Waals surface area contributed by atoms with E-state index in [2.05, 4.69) is 21.4 Å². The van der Waals surface area contributed by atoms with Crippen molar-refractivity contribution in [3.05, 3.63) is 70.8 Å². The summed E-state index contributed by atoms with van der Waals surface area (Å²) in [5, 5.41) is 12.6. The minimum absolute atomic E-state index is 0.0431. The highest BCUT2D eigenvalue weighted by molar-refractivity contribution is 6.02. The Morgan fingerprint density at radius 3 is 3.00 bits per heavy atom. The van der Waals surface area contributed by atoms with Crippen LogP contribution in [0.3, 0.4) is 0 Å². The molecule has 1 heterocycles. The van der Waals surface area contributed by atoms with Gasteiger partial charge in [-0.25, -0.2) is 9.97 Å². The van der Waals surface area contributed by atoms with Crippen LogP contribution in [0.1, 0.15) is 53.9 Å². The molecule has 0 unspecified atom stereocenters. The van der Waals surface area contributed by atoms with Crippen LogP contribution < -0.4 is 5.32 Å². The van der Waals surface area contributed by atoms with Crippen LogP contribution in [0.4, 0.5) is 0 Å². The summed E-state index contributed by atoms with van der Waals surface area (Å²) in [6.45, 7) is 4.51. The number of Topliss-reactive ketones (excluding diaryl/α,β-unsaturated/α-hetero) is 1. The molecule has 0 saturated heterocycles. The van der Waals surface area contributed by atoms with Gasteiger partial charge in [0.25, 0.3) is 5.91 Å². The van der Waals surface area contributed by atoms with E-state index in [9.17, 15) is 14.9 Å². The fourth-order valence-corrected chi connectivity index (χ4v) is 4.95. The predicted octanol–water partition coefficient (Wildman–Crippen LogP) is 3.13. The van der Waals surface area contributed by atoms with E-state index in [1.807, 2.05) is 38.2 Å². The lowest BCUT2D eigenvalue weighted by Gasteiger charge is -2.47. The van der Waals surface area contributed by atoms with Crippen LogP contribution in [0, 0.1) is 23.2 Å². The van der Waals surface area contributed by atoms with Gasteiger partial charge in [-0.3, -0.25) is 9.59 Å². The zero-order chi connectivity index (χ0) is 21.3. The maximum absolute atomic E-state index is 12.8. The Bertz CT molecular complexity index is 1080. The number of nitriles is 1. The molecule has 1 aromatic heterocycles. The Labute approximate surface area is 176 Å². The molecule has 2 aliphatic carbocycles. The monoisotopic (exact) mass is 400 g/mol. The highest BCUT2D eigenvalue weighted by atomic mass is 16.1. The molecule has 1 N–H and O–H groups in total. The Kier molecular flexibility index (Phi) is 5.21. The number of fused-ring (bicyclic) bond motifs is 3. The van der Waals surface area contributed by atoms with Gasteiger partial charge in [0.15, 0.2) is 5.78 Å². The summed E-state index contributed by atoms with van der Waals surface area (Å²) in [7, 11) is 0. The molecular weight excluding hydrogens is 376 g/mol. The molecule has 0 saturated carbocycles. The van der Waals surface area contributed by atoms with E-state index in [4.69, 9.17) is 0 Å². The van der Waals surface area contributed by atoms with E-state index in [1.165, 1.54) is 6.33 Å². The molecule has 30 heavy (non-hydrogen) atoms. The number of nitrogens with one attached hydrogen (secondary N) is 1. The first kappa shape index (κ1) is 20.0. The summed E-state index contributed by atoms with van der Waals surface area (Å²) < 4.78 is 0. The SMILES string of the molecule is CCCNC(=O)c1cccc([C@]23C=C(C#N)C(=O)[C@@H](C)[C@@H]2CCc2cncnc23)c1. The van der Waals surface area contributed by atoms with Gasteiger partial charge in [0.1, 0.15) is 12.4 Å². The second-order valence-electron chi connectivity index (χ2n) is 8.07. The number of nitrogens with zero attached hydrogens (tertiary/aromatic N) is 3. The predicted molar refractivity (Wildman–Crippen MR) is 112 cm³/mol. The summed E-state index contributed by atoms with van der Waals surface area (Å²) in [4.78, 5) is 34.2. The van der Waals surface area contributed by atoms with Crippen molar-refractivity contribution in [1.29, 1.82) is 5.26 Å². The van der Waals surface area contributed by atoms with Crippen LogP contribution in [-0.2, 0) is 16.6 Å². The number of rotatable bonds is 4. The molecule has 0 radical (unpaired) electrons. The molecule has 2 aromatic rings. The van der Waals surface area contributed by atoms with Gasteiger partial charge in [-0.2, -0.15) is 5.26 Å². The van der Waals surface area contributed by atoms with Crippen molar-refractivity contribution in [2.45, 2.75) is 38.5 Å². The number of amides is 1. The van der Waals surface area contributed by atoms with Crippen molar-refractivity contribution in [2.24, 2.45) is 11.8 Å². The van der Waals surface area contributed by atoms with Gasteiger partial charge < -0.3 is 5.32 Å². The van der Waals surface area contributed by atoms with Crippen LogP contribution >= 0.6 is 0 Å². The summed E-state index contributed by atoms with van der Waals surface area (Å²) in [6, 6.07) is 9.59. The van der Waals surface area contributed by atoms with Crippen LogP contribution in [0.5, 0.6) is 0 Å². The minimum Gasteiger partial charge on any atom is -0.352 e. The van der Waals surface area contributed by atoms with Crippen molar-refractivity contribution in [2.75, 3.05) is 6.54 Å². The molecule has 4 rings (SSSR count). The van der Waals surface area contributed by atoms with Gasteiger partial charge >= 0.3 is 0 Å². The molecule has 1 amide bonds. The molecule has 2 aliphatic rings. The van der Waals surface area contributed by atoms with E-state index < -0.39 is 5.41 Å². The normalized spacial score (nSPS) is 24.8. The Balaban J connectivity index is 1.96. The largest absolute Gasteiger partial charge is 0.352 e. The lowest BCUT2D eigenvalue weighted by atomic mass is 9.54. The third-order valence-electron chi connectivity index (χ3n) is 6.40. The number of carbonyl (C=O) groups is 2. The third kappa shape index (κ3) is 3.02. The van der Waals surface area contributed by atoms with Gasteiger partial charge in [-0.1, -0.05) is 26.0 Å². The fourth-order valence-electron chi connectivity index (χ4n) is 4.95. The molecule has 0 bridgehead atoms. The maximum atomic E-state index is 12.8. The lowest BCUT2D eigenvalue weighted by molar-refractivity contribution is -0.121. The Morgan fingerprint density at radius 1 is 1.40 bits per heavy atom. The van der Waals surface area contributed by atoms with Crippen LogP contribution in [-0.4, -0.2) is 28.2 Å². The first-order valence-corrected chi connectivity index (χ1v) is 10.4. The van der Waals surface area contributed by atoms with Gasteiger partial charge in [-0.05, 0) is 54.5 Å². The summed E-state index contributed by atoms with van der Waals surface area (Å²) in [5.41, 5.74) is 2.70. The van der Waals surface area contributed by atoms with Crippen molar-refractivity contribution in [1.82, 2.24) is 15.3 Å². The third-order valence-corrected chi connectivity index (χ3v) is 6.40. The molecule has 0 aliphatic heterocycles. The smallest absolute Gasteiger partial charge is 0.251 e. The fraction of sp³-hybridized carbons (Fsp3) is 0.375. The van der Waals surface area contributed by atoms with Crippen molar-refractivity contribution in [3.63, 3.8) is 0 Å². The number of hydrogen-bond donors (Lipinski definition) is 1. The number of aromatic nitrogens is 2. The van der Waals surface area contributed by atoms with E-state index >= 15 is 0 Å². The van der Waals surface area contributed by atoms with E-state index in [-0.39, 0.29) is 29.1 Å². The van der Waals surface area contributed by atoms with Crippen LogP contribution in [0.15, 0.2) is 48.4 Å². The van der Waals surface area contributed by atoms with Crippen LogP contribution in [0.25, 0.3) is 0 Å². The highest BCUT2D eigenvalue weighted by Crippen LogP contribution is 2.52. The van der Waals surface area contributed by atoms with Gasteiger partial charge in [0.2, 0.25) is 0 Å². The zero-order valence-electron chi connectivity index (χ0n) is 17.2. The standard InChI is InChI=1S/C24H24N4O2/c1-3-9-27-23(30)16-5-4-6-19(10-16)24-11-18(12-25)21(29)15(2)20(24)8-7-17-13-26-14-28-22(17)24/h4-6,10-11,13-15,20H,3,7-9H2,1-2H3,(H,27,30)/t15-,20-,24+/m0/s1.